The van der Waals surface area contributed by atoms with E-state index in [-0.39, 0.29) is 5.95 Å². The number of benzene rings is 1. The zero-order valence-electron chi connectivity index (χ0n) is 14.4. The maximum atomic E-state index is 5.85. The molecule has 0 radical (unpaired) electrons. The van der Waals surface area contributed by atoms with E-state index in [2.05, 4.69) is 26.4 Å². The first kappa shape index (κ1) is 16.8. The third-order valence-corrected chi connectivity index (χ3v) is 3.85. The Kier molecular flexibility index (Phi) is 5.13. The van der Waals surface area contributed by atoms with Crippen molar-refractivity contribution in [1.29, 1.82) is 0 Å². The van der Waals surface area contributed by atoms with Crippen LogP contribution in [-0.4, -0.2) is 33.4 Å². The molecule has 0 unspecified atom stereocenters. The molecule has 0 saturated heterocycles. The molecule has 0 atom stereocenters. The molecule has 0 aliphatic rings. The van der Waals surface area contributed by atoms with E-state index in [1.165, 1.54) is 5.56 Å². The number of hydrogen-bond donors (Lipinski definition) is 2. The molecule has 0 bridgehead atoms. The van der Waals surface area contributed by atoms with Gasteiger partial charge in [0.1, 0.15) is 11.6 Å². The molecule has 130 valence electrons. The number of aryl methyl sites for hydroxylation is 1. The van der Waals surface area contributed by atoms with Gasteiger partial charge in [0.25, 0.3) is 0 Å². The maximum Gasteiger partial charge on any atom is 0.222 e. The van der Waals surface area contributed by atoms with Crippen LogP contribution in [0.4, 0.5) is 11.8 Å². The van der Waals surface area contributed by atoms with Crippen LogP contribution in [0.25, 0.3) is 11.3 Å². The summed E-state index contributed by atoms with van der Waals surface area (Å²) in [4.78, 5) is 8.55. The van der Waals surface area contributed by atoms with Crippen molar-refractivity contribution in [3.8, 4) is 17.0 Å². The minimum atomic E-state index is 0.241. The van der Waals surface area contributed by atoms with Gasteiger partial charge in [-0.15, -0.1) is 0 Å². The summed E-state index contributed by atoms with van der Waals surface area (Å²) in [5.41, 5.74) is 8.73. The van der Waals surface area contributed by atoms with Crippen LogP contribution < -0.4 is 15.8 Å². The minimum absolute atomic E-state index is 0.241. The average Bonchev–Trinajstić information content (AvgIpc) is 3.11. The highest BCUT2D eigenvalue weighted by Gasteiger charge is 2.07. The van der Waals surface area contributed by atoms with Crippen molar-refractivity contribution >= 4 is 11.8 Å². The van der Waals surface area contributed by atoms with Crippen molar-refractivity contribution in [2.75, 3.05) is 24.7 Å². The molecule has 0 aliphatic carbocycles. The second-order valence-corrected chi connectivity index (χ2v) is 5.61. The van der Waals surface area contributed by atoms with Crippen LogP contribution in [0.1, 0.15) is 12.5 Å². The van der Waals surface area contributed by atoms with E-state index in [0.29, 0.717) is 5.82 Å². The smallest absolute Gasteiger partial charge is 0.222 e. The van der Waals surface area contributed by atoms with Crippen LogP contribution in [0.5, 0.6) is 5.75 Å². The highest BCUT2D eigenvalue weighted by molar-refractivity contribution is 5.62. The molecule has 0 fully saturated rings. The lowest BCUT2D eigenvalue weighted by atomic mass is 10.1. The van der Waals surface area contributed by atoms with Gasteiger partial charge >= 0.3 is 0 Å². The largest absolute Gasteiger partial charge is 0.497 e. The standard InChI is InChI=1S/C18H22N6O/c1-3-24-12-14(11-21-24)16-10-17(23-18(19)22-16)20-8-7-13-5-4-6-15(9-13)25-2/h4-6,9-12H,3,7-8H2,1-2H3,(H3,19,20,22,23). The second-order valence-electron chi connectivity index (χ2n) is 5.61. The maximum absolute atomic E-state index is 5.85. The summed E-state index contributed by atoms with van der Waals surface area (Å²) < 4.78 is 7.10. The van der Waals surface area contributed by atoms with Crippen molar-refractivity contribution in [1.82, 2.24) is 19.7 Å². The van der Waals surface area contributed by atoms with E-state index >= 15 is 0 Å². The number of rotatable bonds is 7. The van der Waals surface area contributed by atoms with E-state index in [4.69, 9.17) is 10.5 Å². The normalized spacial score (nSPS) is 10.6. The monoisotopic (exact) mass is 338 g/mol. The lowest BCUT2D eigenvalue weighted by Crippen LogP contribution is -2.08. The summed E-state index contributed by atoms with van der Waals surface area (Å²) in [6, 6.07) is 9.91. The Morgan fingerprint density at radius 3 is 2.88 bits per heavy atom. The Morgan fingerprint density at radius 2 is 2.12 bits per heavy atom. The van der Waals surface area contributed by atoms with Gasteiger partial charge in [-0.2, -0.15) is 10.1 Å². The molecular formula is C18H22N6O. The number of hydrogen-bond acceptors (Lipinski definition) is 6. The van der Waals surface area contributed by atoms with Gasteiger partial charge in [-0.05, 0) is 31.0 Å². The third kappa shape index (κ3) is 4.26. The Morgan fingerprint density at radius 1 is 1.24 bits per heavy atom. The molecule has 25 heavy (non-hydrogen) atoms. The molecule has 3 rings (SSSR count). The Hall–Kier alpha value is -3.09. The lowest BCUT2D eigenvalue weighted by Gasteiger charge is -2.08. The molecule has 2 heterocycles. The van der Waals surface area contributed by atoms with Crippen LogP contribution in [0.2, 0.25) is 0 Å². The fourth-order valence-corrected chi connectivity index (χ4v) is 2.54. The number of methoxy groups -OCH3 is 1. The topological polar surface area (TPSA) is 90.9 Å². The molecule has 7 nitrogen and oxygen atoms in total. The first-order valence-electron chi connectivity index (χ1n) is 8.22. The van der Waals surface area contributed by atoms with Crippen molar-refractivity contribution in [3.63, 3.8) is 0 Å². The number of nitrogen functional groups attached to an aromatic ring is 1. The molecule has 1 aromatic carbocycles. The number of nitrogens with zero attached hydrogens (tertiary/aromatic N) is 4. The summed E-state index contributed by atoms with van der Waals surface area (Å²) in [6.07, 6.45) is 4.58. The first-order chi connectivity index (χ1) is 12.2. The fourth-order valence-electron chi connectivity index (χ4n) is 2.54. The zero-order valence-corrected chi connectivity index (χ0v) is 14.4. The van der Waals surface area contributed by atoms with Crippen molar-refractivity contribution < 1.29 is 4.74 Å². The SMILES string of the molecule is CCn1cc(-c2cc(NCCc3cccc(OC)c3)nc(N)n2)cn1. The third-order valence-electron chi connectivity index (χ3n) is 3.85. The van der Waals surface area contributed by atoms with Gasteiger partial charge in [0, 0.05) is 30.9 Å². The summed E-state index contributed by atoms with van der Waals surface area (Å²) in [5, 5.41) is 7.57. The molecule has 0 aliphatic heterocycles. The van der Waals surface area contributed by atoms with Crippen molar-refractivity contribution in [2.24, 2.45) is 0 Å². The predicted octanol–water partition coefficient (Wildman–Crippen LogP) is 2.61. The van der Waals surface area contributed by atoms with Gasteiger partial charge in [0.2, 0.25) is 5.95 Å². The van der Waals surface area contributed by atoms with Gasteiger partial charge < -0.3 is 15.8 Å². The van der Waals surface area contributed by atoms with E-state index in [1.54, 1.807) is 13.3 Å². The molecule has 0 spiro atoms. The van der Waals surface area contributed by atoms with E-state index in [9.17, 15) is 0 Å². The lowest BCUT2D eigenvalue weighted by molar-refractivity contribution is 0.414. The number of ether oxygens (including phenoxy) is 1. The van der Waals surface area contributed by atoms with E-state index in [1.807, 2.05) is 42.1 Å². The van der Waals surface area contributed by atoms with Gasteiger partial charge in [-0.25, -0.2) is 4.98 Å². The van der Waals surface area contributed by atoms with Crippen molar-refractivity contribution in [3.05, 3.63) is 48.3 Å². The number of anilines is 2. The van der Waals surface area contributed by atoms with E-state index in [0.717, 1.165) is 36.5 Å². The summed E-state index contributed by atoms with van der Waals surface area (Å²) in [7, 11) is 1.67. The van der Waals surface area contributed by atoms with Gasteiger partial charge in [0.05, 0.1) is 19.0 Å². The summed E-state index contributed by atoms with van der Waals surface area (Å²) in [5.74, 6) is 1.80. The van der Waals surface area contributed by atoms with Crippen LogP contribution in [0, 0.1) is 0 Å². The first-order valence-corrected chi connectivity index (χ1v) is 8.22. The molecule has 0 saturated carbocycles. The van der Waals surface area contributed by atoms with E-state index < -0.39 is 0 Å². The Balaban J connectivity index is 1.68. The molecule has 0 amide bonds. The fraction of sp³-hybridized carbons (Fsp3) is 0.278. The number of nitrogens with one attached hydrogen (secondary N) is 1. The molecular weight excluding hydrogens is 316 g/mol. The van der Waals surface area contributed by atoms with Crippen LogP contribution in [0.15, 0.2) is 42.7 Å². The van der Waals surface area contributed by atoms with Crippen LogP contribution >= 0.6 is 0 Å². The summed E-state index contributed by atoms with van der Waals surface area (Å²) in [6.45, 7) is 3.58. The van der Waals surface area contributed by atoms with Gasteiger partial charge in [0.15, 0.2) is 0 Å². The predicted molar refractivity (Wildman–Crippen MR) is 98.5 cm³/mol. The molecule has 7 heteroatoms. The zero-order chi connectivity index (χ0) is 17.6. The highest BCUT2D eigenvalue weighted by Crippen LogP contribution is 2.20. The second kappa shape index (κ2) is 7.65. The molecule has 3 N–H and O–H groups in total. The quantitative estimate of drug-likeness (QED) is 0.688. The summed E-state index contributed by atoms with van der Waals surface area (Å²) >= 11 is 0. The van der Waals surface area contributed by atoms with Crippen LogP contribution in [0.3, 0.4) is 0 Å². The van der Waals surface area contributed by atoms with Crippen molar-refractivity contribution in [2.45, 2.75) is 19.9 Å². The minimum Gasteiger partial charge on any atom is -0.497 e. The molecule has 2 aromatic heterocycles. The number of nitrogens with two attached hydrogens (primary N) is 1. The number of aromatic nitrogens is 4. The average molecular weight is 338 g/mol. The highest BCUT2D eigenvalue weighted by atomic mass is 16.5. The van der Waals surface area contributed by atoms with Gasteiger partial charge in [-0.1, -0.05) is 12.1 Å². The Bertz CT molecular complexity index is 845. The Labute approximate surface area is 146 Å². The van der Waals surface area contributed by atoms with Crippen LogP contribution in [-0.2, 0) is 13.0 Å². The van der Waals surface area contributed by atoms with Gasteiger partial charge in [-0.3, -0.25) is 4.68 Å². The molecule has 3 aromatic rings.